The van der Waals surface area contributed by atoms with E-state index < -0.39 is 29.2 Å². The minimum absolute atomic E-state index is 0.0284. The van der Waals surface area contributed by atoms with E-state index in [0.29, 0.717) is 6.08 Å². The van der Waals surface area contributed by atoms with E-state index in [1.807, 2.05) is 6.07 Å². The first-order chi connectivity index (χ1) is 18.1. The van der Waals surface area contributed by atoms with Gasteiger partial charge in [0, 0.05) is 17.2 Å². The second kappa shape index (κ2) is 12.3. The molecular formula is C32H38F6. The van der Waals surface area contributed by atoms with E-state index in [4.69, 9.17) is 0 Å². The fourth-order valence-corrected chi connectivity index (χ4v) is 6.90. The molecule has 0 aliphatic heterocycles. The van der Waals surface area contributed by atoms with Crippen LogP contribution in [0.25, 0.3) is 17.2 Å². The quantitative estimate of drug-likeness (QED) is 0.309. The Balaban J connectivity index is 1.37. The van der Waals surface area contributed by atoms with Crippen molar-refractivity contribution in [1.29, 1.82) is 0 Å². The molecule has 0 saturated heterocycles. The molecule has 0 N–H and O–H groups in total. The van der Waals surface area contributed by atoms with Gasteiger partial charge in [-0.25, -0.2) is 13.2 Å². The van der Waals surface area contributed by atoms with Gasteiger partial charge in [0.05, 0.1) is 0 Å². The van der Waals surface area contributed by atoms with Gasteiger partial charge in [-0.1, -0.05) is 38.8 Å². The monoisotopic (exact) mass is 536 g/mol. The van der Waals surface area contributed by atoms with E-state index in [0.717, 1.165) is 67.1 Å². The van der Waals surface area contributed by atoms with Crippen LogP contribution in [0.15, 0.2) is 36.4 Å². The summed E-state index contributed by atoms with van der Waals surface area (Å²) in [5.41, 5.74) is 0.0812. The summed E-state index contributed by atoms with van der Waals surface area (Å²) in [6, 6.07) is 6.54. The van der Waals surface area contributed by atoms with Crippen LogP contribution < -0.4 is 0 Å². The predicted molar refractivity (Wildman–Crippen MR) is 141 cm³/mol. The molecule has 0 spiro atoms. The Hall–Kier alpha value is -2.24. The molecule has 0 aromatic heterocycles. The van der Waals surface area contributed by atoms with Gasteiger partial charge in [-0.05, 0) is 116 Å². The largest absolute Gasteiger partial charge is 0.409 e. The minimum atomic E-state index is -4.69. The number of alkyl halides is 3. The first kappa shape index (κ1) is 28.8. The average Bonchev–Trinajstić information content (AvgIpc) is 2.88. The van der Waals surface area contributed by atoms with Crippen molar-refractivity contribution in [1.82, 2.24) is 0 Å². The lowest BCUT2D eigenvalue weighted by atomic mass is 9.66. The molecule has 2 aliphatic rings. The maximum atomic E-state index is 15.1. The molecular weight excluding hydrogens is 498 g/mol. The van der Waals surface area contributed by atoms with Crippen LogP contribution in [0.1, 0.15) is 95.1 Å². The summed E-state index contributed by atoms with van der Waals surface area (Å²) in [6.45, 7) is 4.67. The fourth-order valence-electron chi connectivity index (χ4n) is 6.90. The standard InChI is InChI=1S/C32H38F6/c1-3-4-20(2)21-5-7-22(8-6-21)23-9-11-24(12-10-23)25-13-14-27(29(33)17-25)26-18-30(34)28(31(35)19-26)15-16-32(36,37)38/h13-24H,3-12H2,1-2H3/b16-15+. The van der Waals surface area contributed by atoms with Crippen LogP contribution in [0.2, 0.25) is 0 Å². The third-order valence-corrected chi connectivity index (χ3v) is 9.10. The lowest BCUT2D eigenvalue weighted by Crippen LogP contribution is -2.27. The Labute approximate surface area is 222 Å². The van der Waals surface area contributed by atoms with E-state index in [2.05, 4.69) is 13.8 Å². The summed E-state index contributed by atoms with van der Waals surface area (Å²) in [5.74, 6) is 0.589. The molecule has 2 aromatic carbocycles. The Morgan fingerprint density at radius 1 is 0.816 bits per heavy atom. The Morgan fingerprint density at radius 2 is 1.39 bits per heavy atom. The first-order valence-electron chi connectivity index (χ1n) is 14.1. The number of hydrogen-bond acceptors (Lipinski definition) is 0. The van der Waals surface area contributed by atoms with Crippen LogP contribution in [0.5, 0.6) is 0 Å². The van der Waals surface area contributed by atoms with Crippen molar-refractivity contribution in [3.63, 3.8) is 0 Å². The maximum Gasteiger partial charge on any atom is 0.409 e. The van der Waals surface area contributed by atoms with Crippen molar-refractivity contribution in [3.05, 3.63) is 65.0 Å². The van der Waals surface area contributed by atoms with Gasteiger partial charge in [-0.15, -0.1) is 0 Å². The third kappa shape index (κ3) is 7.04. The van der Waals surface area contributed by atoms with Crippen molar-refractivity contribution < 1.29 is 26.3 Å². The van der Waals surface area contributed by atoms with Crippen molar-refractivity contribution in [2.45, 2.75) is 90.1 Å². The van der Waals surface area contributed by atoms with E-state index in [1.165, 1.54) is 50.7 Å². The van der Waals surface area contributed by atoms with Crippen molar-refractivity contribution in [2.75, 3.05) is 0 Å². The maximum absolute atomic E-state index is 15.1. The second-order valence-corrected chi connectivity index (χ2v) is 11.5. The van der Waals surface area contributed by atoms with Crippen molar-refractivity contribution in [3.8, 4) is 11.1 Å². The molecule has 2 aromatic rings. The third-order valence-electron chi connectivity index (χ3n) is 9.10. The Morgan fingerprint density at radius 3 is 1.92 bits per heavy atom. The van der Waals surface area contributed by atoms with Crippen LogP contribution in [0, 0.1) is 41.1 Å². The SMILES string of the molecule is CCCC(C)C1CCC(C2CCC(c3ccc(-c4cc(F)c(/C=C/C(F)(F)F)c(F)c4)c(F)c3)CC2)CC1. The molecule has 208 valence electrons. The van der Waals surface area contributed by atoms with Crippen LogP contribution in [0.4, 0.5) is 26.3 Å². The zero-order chi connectivity index (χ0) is 27.4. The number of allylic oxidation sites excluding steroid dienone is 1. The molecule has 0 nitrogen and oxygen atoms in total. The molecule has 4 rings (SSSR count). The van der Waals surface area contributed by atoms with Crippen molar-refractivity contribution in [2.24, 2.45) is 23.7 Å². The van der Waals surface area contributed by atoms with E-state index in [1.54, 1.807) is 0 Å². The zero-order valence-electron chi connectivity index (χ0n) is 22.3. The molecule has 2 saturated carbocycles. The van der Waals surface area contributed by atoms with Gasteiger partial charge in [-0.2, -0.15) is 13.2 Å². The summed E-state index contributed by atoms with van der Waals surface area (Å²) in [5, 5.41) is 0. The highest BCUT2D eigenvalue weighted by molar-refractivity contribution is 5.67. The van der Waals surface area contributed by atoms with E-state index in [9.17, 15) is 22.0 Å². The molecule has 0 radical (unpaired) electrons. The topological polar surface area (TPSA) is 0 Å². The van der Waals surface area contributed by atoms with Crippen LogP contribution in [0.3, 0.4) is 0 Å². The number of benzene rings is 2. The molecule has 0 heterocycles. The van der Waals surface area contributed by atoms with E-state index in [-0.39, 0.29) is 23.1 Å². The highest BCUT2D eigenvalue weighted by Crippen LogP contribution is 2.45. The Kier molecular flexibility index (Phi) is 9.31. The molecule has 1 atom stereocenters. The smallest absolute Gasteiger partial charge is 0.206 e. The fraction of sp³-hybridized carbons (Fsp3) is 0.562. The van der Waals surface area contributed by atoms with Crippen LogP contribution in [-0.2, 0) is 0 Å². The van der Waals surface area contributed by atoms with Gasteiger partial charge in [0.15, 0.2) is 0 Å². The normalized spacial score (nSPS) is 25.6. The lowest BCUT2D eigenvalue weighted by molar-refractivity contribution is -0.0790. The average molecular weight is 537 g/mol. The zero-order valence-corrected chi connectivity index (χ0v) is 22.3. The highest BCUT2D eigenvalue weighted by atomic mass is 19.4. The minimum Gasteiger partial charge on any atom is -0.206 e. The van der Waals surface area contributed by atoms with Gasteiger partial charge in [0.1, 0.15) is 17.5 Å². The van der Waals surface area contributed by atoms with Gasteiger partial charge in [-0.3, -0.25) is 0 Å². The molecule has 2 aliphatic carbocycles. The lowest BCUT2D eigenvalue weighted by Gasteiger charge is -2.39. The number of halogens is 6. The summed E-state index contributed by atoms with van der Waals surface area (Å²) >= 11 is 0. The Bertz CT molecular complexity index is 1080. The molecule has 1 unspecified atom stereocenters. The van der Waals surface area contributed by atoms with Crippen LogP contribution >= 0.6 is 0 Å². The number of rotatable bonds is 7. The predicted octanol–water partition coefficient (Wildman–Crippen LogP) is 10.9. The first-order valence-corrected chi connectivity index (χ1v) is 14.1. The molecule has 0 bridgehead atoms. The summed E-state index contributed by atoms with van der Waals surface area (Å²) in [6.07, 6.45) is 7.70. The van der Waals surface area contributed by atoms with Crippen LogP contribution in [-0.4, -0.2) is 6.18 Å². The van der Waals surface area contributed by atoms with Gasteiger partial charge < -0.3 is 0 Å². The summed E-state index contributed by atoms with van der Waals surface area (Å²) in [4.78, 5) is 0. The molecule has 2 fully saturated rings. The van der Waals surface area contributed by atoms with E-state index >= 15 is 4.39 Å². The van der Waals surface area contributed by atoms with Crippen molar-refractivity contribution >= 4 is 6.08 Å². The molecule has 0 amide bonds. The van der Waals surface area contributed by atoms with Gasteiger partial charge >= 0.3 is 6.18 Å². The summed E-state index contributed by atoms with van der Waals surface area (Å²) < 4.78 is 81.0. The number of hydrogen-bond donors (Lipinski definition) is 0. The molecule has 38 heavy (non-hydrogen) atoms. The molecule has 6 heteroatoms. The van der Waals surface area contributed by atoms with Gasteiger partial charge in [0.25, 0.3) is 0 Å². The summed E-state index contributed by atoms with van der Waals surface area (Å²) in [7, 11) is 0. The highest BCUT2D eigenvalue weighted by Gasteiger charge is 2.32. The van der Waals surface area contributed by atoms with Gasteiger partial charge in [0.2, 0.25) is 0 Å². The second-order valence-electron chi connectivity index (χ2n) is 11.5.